The zero-order valence-corrected chi connectivity index (χ0v) is 27.7. The Morgan fingerprint density at radius 3 is 1.48 bits per heavy atom. The summed E-state index contributed by atoms with van der Waals surface area (Å²) in [7, 11) is -3.15. The lowest BCUT2D eigenvalue weighted by Crippen LogP contribution is -2.66. The molecular weight excluding hydrogens is 802 g/mol. The molecule has 0 saturated carbocycles. The molecule has 0 aliphatic rings. The molecule has 0 aromatic carbocycles. The first-order chi connectivity index (χ1) is 23.2. The Labute approximate surface area is 282 Å². The van der Waals surface area contributed by atoms with Crippen molar-refractivity contribution in [1.29, 1.82) is 0 Å². The average Bonchev–Trinajstić information content (AvgIpc) is 2.99. The van der Waals surface area contributed by atoms with Crippen LogP contribution in [-0.2, 0) is 18.0 Å². The molecule has 0 fully saturated rings. The number of nitrogens with one attached hydrogen (secondary N) is 1. The molecule has 0 saturated heterocycles. The Morgan fingerprint density at radius 1 is 0.615 bits per heavy atom. The van der Waals surface area contributed by atoms with Gasteiger partial charge in [0.05, 0.1) is 6.61 Å². The maximum Gasteiger partial charge on any atom is 0.500 e. The van der Waals surface area contributed by atoms with E-state index in [2.05, 4.69) is 10.1 Å². The van der Waals surface area contributed by atoms with E-state index in [1.807, 2.05) is 0 Å². The lowest BCUT2D eigenvalue weighted by Gasteiger charge is -2.37. The van der Waals surface area contributed by atoms with Gasteiger partial charge >= 0.3 is 68.5 Å². The van der Waals surface area contributed by atoms with Crippen LogP contribution in [0.15, 0.2) is 11.9 Å². The SMILES string of the molecule is CCO[Si](CCCNC(=O)OCCCC(F)(F)C(F)(F)C(F)(F)C(F)(F)C/C=C(\F)C(F)(F)C(F)(F)C(F)(F)C(F)(F)C(F)(F)F)(OCC)OCC. The molecule has 0 aromatic rings. The van der Waals surface area contributed by atoms with Gasteiger partial charge in [-0.1, -0.05) is 0 Å². The molecule has 0 spiro atoms. The highest BCUT2D eigenvalue weighted by molar-refractivity contribution is 6.60. The minimum absolute atomic E-state index is 0.133. The van der Waals surface area contributed by atoms with Gasteiger partial charge in [0, 0.05) is 45.3 Å². The summed E-state index contributed by atoms with van der Waals surface area (Å²) in [4.78, 5) is 11.7. The third kappa shape index (κ3) is 10.3. The lowest BCUT2D eigenvalue weighted by atomic mass is 9.93. The van der Waals surface area contributed by atoms with Gasteiger partial charge in [-0.05, 0) is 39.7 Å². The summed E-state index contributed by atoms with van der Waals surface area (Å²) in [5.41, 5.74) is 0. The highest BCUT2D eigenvalue weighted by atomic mass is 28.4. The van der Waals surface area contributed by atoms with E-state index >= 15 is 0 Å². The largest absolute Gasteiger partial charge is 0.500 e. The van der Waals surface area contributed by atoms with Gasteiger partial charge in [-0.15, -0.1) is 0 Å². The molecule has 0 aromatic heterocycles. The van der Waals surface area contributed by atoms with E-state index in [0.717, 1.165) is 0 Å². The number of hydrogen-bond donors (Lipinski definition) is 1. The predicted molar refractivity (Wildman–Crippen MR) is 138 cm³/mol. The summed E-state index contributed by atoms with van der Waals surface area (Å²) in [5, 5.41) is 2.09. The van der Waals surface area contributed by atoms with Crippen molar-refractivity contribution in [2.24, 2.45) is 0 Å². The number of carbonyl (C=O) groups excluding carboxylic acids is 1. The van der Waals surface area contributed by atoms with E-state index < -0.39 is 106 Å². The van der Waals surface area contributed by atoms with E-state index in [1.54, 1.807) is 20.8 Å². The average molecular weight is 834 g/mol. The predicted octanol–water partition coefficient (Wildman–Crippen LogP) is 9.82. The van der Waals surface area contributed by atoms with Crippen molar-refractivity contribution in [1.82, 2.24) is 5.32 Å². The number of carbonyl (C=O) groups is 1. The normalized spacial score (nSPS) is 15.2. The van der Waals surface area contributed by atoms with Crippen LogP contribution >= 0.6 is 0 Å². The van der Waals surface area contributed by atoms with Gasteiger partial charge in [-0.25, -0.2) is 9.18 Å². The molecule has 27 heteroatoms. The fraction of sp³-hybridized carbons (Fsp3) is 0.880. The van der Waals surface area contributed by atoms with Crippen LogP contribution in [0.25, 0.3) is 0 Å². The summed E-state index contributed by atoms with van der Waals surface area (Å²) >= 11 is 0. The van der Waals surface area contributed by atoms with Crippen LogP contribution in [0.3, 0.4) is 0 Å². The van der Waals surface area contributed by atoms with Gasteiger partial charge in [0.1, 0.15) is 0 Å². The van der Waals surface area contributed by atoms with Crippen LogP contribution in [-0.4, -0.2) is 101 Å². The standard InChI is InChI=1S/C25H31F20NO5Si/c1-4-49-52(50-5-2,51-6-3)14-8-12-46-16(47)48-13-7-10-17(27,28)20(33,34)21(35,36)18(29,30)11-9-15(26)19(31,32)22(37,38)23(39,40)24(41,42)25(43,44)45/h9H,4-8,10-14H2,1-3H3,(H,46,47)/b15-9-. The quantitative estimate of drug-likeness (QED) is 0.0632. The van der Waals surface area contributed by atoms with Crippen molar-refractivity contribution < 1.29 is 111 Å². The molecule has 0 radical (unpaired) electrons. The van der Waals surface area contributed by atoms with Gasteiger partial charge in [0.2, 0.25) is 0 Å². The fourth-order valence-corrected chi connectivity index (χ4v) is 6.43. The Hall–Kier alpha value is -2.29. The van der Waals surface area contributed by atoms with Crippen LogP contribution in [0.1, 0.15) is 46.5 Å². The van der Waals surface area contributed by atoms with E-state index in [0.29, 0.717) is 0 Å². The van der Waals surface area contributed by atoms with Crippen molar-refractivity contribution in [2.75, 3.05) is 33.0 Å². The van der Waals surface area contributed by atoms with Crippen molar-refractivity contribution >= 4 is 14.9 Å². The third-order valence-electron chi connectivity index (χ3n) is 6.58. The molecular formula is C25H31F20NO5Si. The molecule has 310 valence electrons. The first-order valence-electron chi connectivity index (χ1n) is 14.4. The van der Waals surface area contributed by atoms with E-state index in [9.17, 15) is 92.6 Å². The second kappa shape index (κ2) is 17.4. The summed E-state index contributed by atoms with van der Waals surface area (Å²) < 4.78 is 290. The molecule has 0 aliphatic heterocycles. The van der Waals surface area contributed by atoms with Gasteiger partial charge in [-0.3, -0.25) is 0 Å². The van der Waals surface area contributed by atoms with Crippen LogP contribution in [0.5, 0.6) is 0 Å². The van der Waals surface area contributed by atoms with Gasteiger partial charge in [0.15, 0.2) is 5.83 Å². The van der Waals surface area contributed by atoms with E-state index in [4.69, 9.17) is 13.3 Å². The van der Waals surface area contributed by atoms with Crippen molar-refractivity contribution in [3.8, 4) is 0 Å². The first kappa shape index (κ1) is 49.7. The fourth-order valence-electron chi connectivity index (χ4n) is 3.82. The van der Waals surface area contributed by atoms with Crippen LogP contribution in [0, 0.1) is 0 Å². The maximum absolute atomic E-state index is 14.1. The van der Waals surface area contributed by atoms with E-state index in [1.165, 1.54) is 0 Å². The second-order valence-electron chi connectivity index (χ2n) is 10.4. The number of amides is 1. The highest BCUT2D eigenvalue weighted by Gasteiger charge is 2.88. The number of hydrogen-bond acceptors (Lipinski definition) is 5. The Kier molecular flexibility index (Phi) is 16.7. The molecule has 0 unspecified atom stereocenters. The molecule has 6 nitrogen and oxygen atoms in total. The zero-order valence-electron chi connectivity index (χ0n) is 26.7. The third-order valence-corrected chi connectivity index (χ3v) is 9.73. The Morgan fingerprint density at radius 2 is 1.06 bits per heavy atom. The molecule has 0 rings (SSSR count). The van der Waals surface area contributed by atoms with E-state index in [-0.39, 0.29) is 38.8 Å². The number of rotatable bonds is 23. The monoisotopic (exact) mass is 833 g/mol. The van der Waals surface area contributed by atoms with Crippen molar-refractivity contribution in [3.05, 3.63) is 11.9 Å². The number of alkyl halides is 19. The first-order valence-corrected chi connectivity index (χ1v) is 16.4. The Balaban J connectivity index is 5.62. The van der Waals surface area contributed by atoms with Gasteiger partial charge < -0.3 is 23.3 Å². The summed E-state index contributed by atoms with van der Waals surface area (Å²) in [6.45, 7) is 4.15. The van der Waals surface area contributed by atoms with Crippen LogP contribution in [0.4, 0.5) is 92.6 Å². The molecule has 1 amide bonds. The second-order valence-corrected chi connectivity index (χ2v) is 13.1. The summed E-state index contributed by atoms with van der Waals surface area (Å²) in [6.07, 6.45) is -18.6. The molecule has 52 heavy (non-hydrogen) atoms. The lowest BCUT2D eigenvalue weighted by molar-refractivity contribution is -0.419. The minimum Gasteiger partial charge on any atom is -0.450 e. The highest BCUT2D eigenvalue weighted by Crippen LogP contribution is 2.59. The number of allylic oxidation sites excluding steroid dienone is 2. The molecule has 1 N–H and O–H groups in total. The summed E-state index contributed by atoms with van der Waals surface area (Å²) in [5.74, 6) is -64.4. The van der Waals surface area contributed by atoms with Crippen LogP contribution in [0.2, 0.25) is 6.04 Å². The Bertz CT molecular complexity index is 1160. The summed E-state index contributed by atoms with van der Waals surface area (Å²) in [6, 6.07) is 0.164. The maximum atomic E-state index is 14.1. The van der Waals surface area contributed by atoms with Gasteiger partial charge in [0.25, 0.3) is 0 Å². The number of halogens is 20. The van der Waals surface area contributed by atoms with Crippen molar-refractivity contribution in [3.63, 3.8) is 0 Å². The number of alkyl carbamates (subject to hydrolysis) is 1. The smallest absolute Gasteiger partial charge is 0.450 e. The number of ether oxygens (including phenoxy) is 1. The topological polar surface area (TPSA) is 66.0 Å². The minimum atomic E-state index is -8.26. The van der Waals surface area contributed by atoms with Crippen molar-refractivity contribution in [2.45, 2.75) is 106 Å². The molecule has 0 aliphatic carbocycles. The van der Waals surface area contributed by atoms with Gasteiger partial charge in [-0.2, -0.15) is 83.4 Å². The van der Waals surface area contributed by atoms with Crippen LogP contribution < -0.4 is 5.32 Å². The molecule has 0 bridgehead atoms. The molecule has 0 atom stereocenters. The zero-order chi connectivity index (χ0) is 41.5. The molecule has 0 heterocycles.